The van der Waals surface area contributed by atoms with Gasteiger partial charge in [0.25, 0.3) is 0 Å². The van der Waals surface area contributed by atoms with Gasteiger partial charge in [-0.2, -0.15) is 0 Å². The number of carbonyl (C=O) groups excluding carboxylic acids is 9. The van der Waals surface area contributed by atoms with Gasteiger partial charge in [0.05, 0.1) is 13.2 Å². The SMILES string of the molecule is CC(=O)OC(c1ccccc1)C(OC(C)=O)c1ccccc1.CC(=O)OC1COC2C(OC(C)=O)COC12.CC(=O)OCC(OC(C)=O)c1ccccc1.CC(=O)O[C@H]1CC[C@@]2(C)C(=CC[C@H]3[C@@H]4CC[C@H]([C@H](C)CCCC(C)C)[C@@]4(C)CC[C@@H]32)C1.CC(=O)Oc1ccc2ccccc2c1-c1c(OC(C)=O)ccc2ccccc12.CC1Oc2ccc3ccccc3c2-c2c(ccc3ccccc23)O1. The van der Waals surface area contributed by atoms with Gasteiger partial charge < -0.3 is 61.6 Å². The Morgan fingerprint density at radius 1 is 0.401 bits per heavy atom. The average molecular weight is 1860 g/mol. The normalized spacial score (nSPS) is 22.1. The van der Waals surface area contributed by atoms with Crippen molar-refractivity contribution in [3.8, 4) is 45.3 Å². The maximum absolute atomic E-state index is 11.8. The molecule has 3 heterocycles. The van der Waals surface area contributed by atoms with Gasteiger partial charge in [-0.3, -0.25) is 43.2 Å². The standard InChI is InChI=1S/C29H48O2.C24H18O4.C22H16O2.C18H18O4.C12H14O4.C10H14O6/c1-19(2)8-7-9-20(3)25-12-13-26-24-11-10-22-18-23(31-21(4)30)14-16-28(22,5)27(24)15-17-29(25,26)6;1-15(25)27-21-13-11-17-7-3-5-9-19(17)23(21)24-20-10-6-4-8-18(20)12-14-22(24)28-16(2)26;1-14-23-19-12-10-15-6-2-4-8-17(15)21(19)22-18-9-5-3-7-16(18)11-13-20(22)24-14;1-13(19)21-17(15-9-5-3-6-10-15)18(22-14(2)20)16-11-7-4-8-12-16;1-9(13)15-8-12(16-10(2)14)11-6-4-3-5-7-11;1-5(11)15-7-3-13-10-8(16-6(2)12)4-14-9(7)10/h10,19-20,23-27H,7-9,11-18H2,1-6H3;3-14H,1-2H3;2-14H,1H3;3-12,17-18H,1-2H3;3-7,12H,8H2,1-2H3;7-10H,3-4H2,1-2H3/t20-,23+,24+,25-,26+,27+,28+,29-;;;;;/m1...../s1. The molecule has 0 aromatic heterocycles. The molecule has 0 radical (unpaired) electrons. The van der Waals surface area contributed by atoms with Gasteiger partial charge in [0.1, 0.15) is 47.9 Å². The van der Waals surface area contributed by atoms with E-state index >= 15 is 0 Å². The maximum atomic E-state index is 11.8. The lowest BCUT2D eigenvalue weighted by atomic mass is 9.47. The summed E-state index contributed by atoms with van der Waals surface area (Å²) in [6.45, 7) is 27.4. The zero-order valence-corrected chi connectivity index (χ0v) is 81.1. The first-order valence-electron chi connectivity index (χ1n) is 47.8. The van der Waals surface area contributed by atoms with E-state index in [1.54, 1.807) is 24.6 Å². The van der Waals surface area contributed by atoms with Gasteiger partial charge >= 0.3 is 53.7 Å². The van der Waals surface area contributed by atoms with Gasteiger partial charge in [-0.25, -0.2) is 0 Å². The van der Waals surface area contributed by atoms with Crippen LogP contribution in [0.2, 0.25) is 0 Å². The molecule has 7 unspecified atom stereocenters. The van der Waals surface area contributed by atoms with Crippen molar-refractivity contribution in [1.29, 1.82) is 0 Å². The molecule has 4 aliphatic carbocycles. The van der Waals surface area contributed by atoms with Gasteiger partial charge in [0.2, 0.25) is 6.29 Å². The number of rotatable bonds is 20. The Hall–Kier alpha value is -13.1. The van der Waals surface area contributed by atoms with Crippen LogP contribution < -0.4 is 18.9 Å². The van der Waals surface area contributed by atoms with Gasteiger partial charge in [-0.1, -0.05) is 278 Å². The summed E-state index contributed by atoms with van der Waals surface area (Å²) in [5.74, 6) is 4.58. The van der Waals surface area contributed by atoms with E-state index in [0.717, 1.165) is 120 Å². The minimum Gasteiger partial charge on any atom is -0.462 e. The van der Waals surface area contributed by atoms with Crippen LogP contribution in [0, 0.1) is 46.3 Å². The summed E-state index contributed by atoms with van der Waals surface area (Å²) < 4.78 is 70.6. The second-order valence-corrected chi connectivity index (χ2v) is 37.5. The molecule has 15 atom stereocenters. The summed E-state index contributed by atoms with van der Waals surface area (Å²) in [6, 6.07) is 75.9. The fraction of sp³-hybridized carbons (Fsp3) is 0.400. The summed E-state index contributed by atoms with van der Waals surface area (Å²) in [5.41, 5.74) is 8.55. The highest BCUT2D eigenvalue weighted by atomic mass is 16.7. The summed E-state index contributed by atoms with van der Waals surface area (Å²) in [6.07, 6.45) is 13.5. The number of carbonyl (C=O) groups is 9. The van der Waals surface area contributed by atoms with Crippen LogP contribution in [0.3, 0.4) is 0 Å². The molecule has 22 heteroatoms. The Kier molecular flexibility index (Phi) is 34.5. The zero-order chi connectivity index (χ0) is 97.8. The number of benzene rings is 11. The Balaban J connectivity index is 0.000000141. The Bertz CT molecular complexity index is 5840. The number of esters is 9. The van der Waals surface area contributed by atoms with Gasteiger partial charge in [-0.15, -0.1) is 0 Å². The largest absolute Gasteiger partial charge is 0.462 e. The predicted molar refractivity (Wildman–Crippen MR) is 526 cm³/mol. The van der Waals surface area contributed by atoms with Gasteiger partial charge in [0.15, 0.2) is 30.5 Å². The molecule has 18 rings (SSSR count). The number of fused-ring (bicyclic) bond motifs is 15. The van der Waals surface area contributed by atoms with Crippen LogP contribution in [0.15, 0.2) is 248 Å². The van der Waals surface area contributed by atoms with Gasteiger partial charge in [0, 0.05) is 97.9 Å². The average Bonchev–Trinajstić information content (AvgIpc) is 1.65. The minimum absolute atomic E-state index is 0.0406. The van der Waals surface area contributed by atoms with E-state index in [4.69, 9.17) is 61.6 Å². The number of allylic oxidation sites excluding steroid dienone is 1. The molecule has 137 heavy (non-hydrogen) atoms. The molecule has 11 aromatic carbocycles. The Morgan fingerprint density at radius 2 is 0.818 bits per heavy atom. The third-order valence-electron chi connectivity index (χ3n) is 27.4. The maximum Gasteiger partial charge on any atom is 0.308 e. The molecule has 0 bridgehead atoms. The van der Waals surface area contributed by atoms with Crippen molar-refractivity contribution in [3.63, 3.8) is 0 Å². The van der Waals surface area contributed by atoms with E-state index in [1.807, 2.05) is 159 Å². The van der Waals surface area contributed by atoms with Crippen LogP contribution in [0.25, 0.3) is 65.3 Å². The predicted octanol–water partition coefficient (Wildman–Crippen LogP) is 24.3. The monoisotopic (exact) mass is 1860 g/mol. The van der Waals surface area contributed by atoms with Crippen LogP contribution in [0.1, 0.15) is 209 Å². The lowest BCUT2D eigenvalue weighted by Crippen LogP contribution is -2.51. The first kappa shape index (κ1) is 101. The molecule has 0 spiro atoms. The fourth-order valence-corrected chi connectivity index (χ4v) is 21.7. The van der Waals surface area contributed by atoms with E-state index in [2.05, 4.69) is 113 Å². The van der Waals surface area contributed by atoms with Crippen LogP contribution in [-0.4, -0.2) is 110 Å². The Morgan fingerprint density at radius 3 is 1.23 bits per heavy atom. The molecule has 11 aromatic rings. The summed E-state index contributed by atoms with van der Waals surface area (Å²) >= 11 is 0. The molecular formula is C115H128O22. The smallest absolute Gasteiger partial charge is 0.308 e. The minimum atomic E-state index is -0.690. The van der Waals surface area contributed by atoms with E-state index in [1.165, 1.54) is 135 Å². The van der Waals surface area contributed by atoms with Crippen molar-refractivity contribution in [1.82, 2.24) is 0 Å². The highest BCUT2D eigenvalue weighted by molar-refractivity contribution is 6.12. The summed E-state index contributed by atoms with van der Waals surface area (Å²) in [4.78, 5) is 101. The van der Waals surface area contributed by atoms with Crippen molar-refractivity contribution >= 4 is 96.8 Å². The first-order chi connectivity index (χ1) is 65.7. The Labute approximate surface area is 803 Å². The molecular weight excluding hydrogens is 1730 g/mol. The molecule has 2 saturated heterocycles. The summed E-state index contributed by atoms with van der Waals surface area (Å²) in [5, 5.41) is 8.58. The lowest BCUT2D eigenvalue weighted by Gasteiger charge is -2.58. The quantitative estimate of drug-likeness (QED) is 0.0297. The molecule has 0 N–H and O–H groups in total. The van der Waals surface area contributed by atoms with Crippen molar-refractivity contribution in [2.24, 2.45) is 46.3 Å². The zero-order valence-electron chi connectivity index (χ0n) is 81.1. The highest BCUT2D eigenvalue weighted by Crippen LogP contribution is 2.68. The van der Waals surface area contributed by atoms with E-state index in [-0.39, 0.29) is 62.3 Å². The van der Waals surface area contributed by atoms with Crippen molar-refractivity contribution in [2.75, 3.05) is 19.8 Å². The van der Waals surface area contributed by atoms with E-state index in [0.29, 0.717) is 22.3 Å². The molecule has 22 nitrogen and oxygen atoms in total. The molecule has 3 aliphatic heterocycles. The molecule has 7 aliphatic rings. The third-order valence-corrected chi connectivity index (χ3v) is 27.4. The second kappa shape index (κ2) is 46.7. The van der Waals surface area contributed by atoms with Crippen LogP contribution in [0.4, 0.5) is 0 Å². The van der Waals surface area contributed by atoms with Crippen LogP contribution in [0.5, 0.6) is 23.0 Å². The van der Waals surface area contributed by atoms with Gasteiger partial charge in [-0.05, 0) is 175 Å². The number of hydrogen-bond donors (Lipinski definition) is 0. The van der Waals surface area contributed by atoms with Crippen molar-refractivity contribution in [3.05, 3.63) is 265 Å². The van der Waals surface area contributed by atoms with Crippen molar-refractivity contribution < 1.29 is 105 Å². The van der Waals surface area contributed by atoms with Crippen molar-refractivity contribution in [2.45, 2.75) is 230 Å². The topological polar surface area (TPSA) is 274 Å². The second-order valence-electron chi connectivity index (χ2n) is 37.5. The molecule has 5 fully saturated rings. The molecule has 0 amide bonds. The molecule has 720 valence electrons. The number of hydrogen-bond acceptors (Lipinski definition) is 22. The van der Waals surface area contributed by atoms with E-state index < -0.39 is 66.3 Å². The lowest BCUT2D eigenvalue weighted by molar-refractivity contribution is -0.166. The third kappa shape index (κ3) is 25.4. The summed E-state index contributed by atoms with van der Waals surface area (Å²) in [7, 11) is 0. The molecule has 3 saturated carbocycles. The van der Waals surface area contributed by atoms with E-state index in [9.17, 15) is 43.2 Å². The van der Waals surface area contributed by atoms with Crippen LogP contribution >= 0.6 is 0 Å². The van der Waals surface area contributed by atoms with Crippen LogP contribution in [-0.2, 0) is 85.8 Å². The first-order valence-corrected chi connectivity index (χ1v) is 47.8. The number of ether oxygens (including phenoxy) is 13. The fourth-order valence-electron chi connectivity index (χ4n) is 21.7. The highest BCUT2D eigenvalue weighted by Gasteiger charge is 2.60.